The Morgan fingerprint density at radius 1 is 1.33 bits per heavy atom. The van der Waals surface area contributed by atoms with Gasteiger partial charge in [-0.05, 0) is 25.1 Å². The van der Waals surface area contributed by atoms with Gasteiger partial charge in [0.15, 0.2) is 0 Å². The Balaban J connectivity index is 2.41. The molecule has 2 rings (SSSR count). The average Bonchev–Trinajstić information content (AvgIpc) is 2.74. The first-order valence-corrected chi connectivity index (χ1v) is 4.76. The van der Waals surface area contributed by atoms with E-state index in [0.717, 1.165) is 5.56 Å². The van der Waals surface area contributed by atoms with Crippen LogP contribution in [0.15, 0.2) is 36.5 Å². The average molecular weight is 205 g/mol. The van der Waals surface area contributed by atoms with Gasteiger partial charge in [0, 0.05) is 17.5 Å². The Bertz CT molecular complexity index is 451. The van der Waals surface area contributed by atoms with E-state index < -0.39 is 6.10 Å². The molecule has 3 heteroatoms. The van der Waals surface area contributed by atoms with Crippen molar-refractivity contribution in [2.75, 3.05) is 0 Å². The van der Waals surface area contributed by atoms with Crippen LogP contribution in [-0.2, 0) is 0 Å². The normalized spacial score (nSPS) is 12.7. The Kier molecular flexibility index (Phi) is 2.56. The van der Waals surface area contributed by atoms with Gasteiger partial charge in [0.1, 0.15) is 11.9 Å². The van der Waals surface area contributed by atoms with Gasteiger partial charge in [-0.25, -0.2) is 4.39 Å². The summed E-state index contributed by atoms with van der Waals surface area (Å²) in [6.07, 6.45) is 0.770. The number of aromatic amines is 1. The van der Waals surface area contributed by atoms with Crippen LogP contribution in [0.4, 0.5) is 4.39 Å². The van der Waals surface area contributed by atoms with Crippen LogP contribution >= 0.6 is 0 Å². The van der Waals surface area contributed by atoms with E-state index >= 15 is 0 Å². The maximum Gasteiger partial charge on any atom is 0.129 e. The predicted octanol–water partition coefficient (Wildman–Crippen LogP) is 2.54. The highest BCUT2D eigenvalue weighted by molar-refractivity contribution is 5.30. The third-order valence-corrected chi connectivity index (χ3v) is 2.36. The largest absolute Gasteiger partial charge is 0.382 e. The molecular formula is C12H12FNO. The van der Waals surface area contributed by atoms with Crippen LogP contribution in [0.1, 0.15) is 22.9 Å². The molecule has 0 amide bonds. The lowest BCUT2D eigenvalue weighted by Crippen LogP contribution is -2.03. The van der Waals surface area contributed by atoms with Crippen molar-refractivity contribution >= 4 is 0 Å². The maximum atomic E-state index is 13.4. The molecule has 1 aromatic carbocycles. The molecule has 0 radical (unpaired) electrons. The molecule has 78 valence electrons. The first-order valence-electron chi connectivity index (χ1n) is 4.76. The fourth-order valence-corrected chi connectivity index (χ4v) is 1.55. The molecular weight excluding hydrogens is 193 g/mol. The fraction of sp³-hybridized carbons (Fsp3) is 0.167. The minimum absolute atomic E-state index is 0.303. The quantitative estimate of drug-likeness (QED) is 0.776. The van der Waals surface area contributed by atoms with Gasteiger partial charge in [-0.1, -0.05) is 17.7 Å². The zero-order valence-corrected chi connectivity index (χ0v) is 8.37. The number of H-pyrrole nitrogens is 1. The summed E-state index contributed by atoms with van der Waals surface area (Å²) in [5.74, 6) is -0.386. The van der Waals surface area contributed by atoms with E-state index in [1.807, 2.05) is 6.92 Å². The predicted molar refractivity (Wildman–Crippen MR) is 56.0 cm³/mol. The van der Waals surface area contributed by atoms with Gasteiger partial charge in [-0.15, -0.1) is 0 Å². The van der Waals surface area contributed by atoms with Crippen LogP contribution in [0.3, 0.4) is 0 Å². The molecule has 1 heterocycles. The fourth-order valence-electron chi connectivity index (χ4n) is 1.55. The summed E-state index contributed by atoms with van der Waals surface area (Å²) >= 11 is 0. The molecule has 0 saturated carbocycles. The van der Waals surface area contributed by atoms with Crippen molar-refractivity contribution in [1.29, 1.82) is 0 Å². The smallest absolute Gasteiger partial charge is 0.129 e. The third-order valence-electron chi connectivity index (χ3n) is 2.36. The molecule has 0 fully saturated rings. The summed E-state index contributed by atoms with van der Waals surface area (Å²) in [7, 11) is 0. The monoisotopic (exact) mass is 205 g/mol. The van der Waals surface area contributed by atoms with Gasteiger partial charge in [0.2, 0.25) is 0 Å². The lowest BCUT2D eigenvalue weighted by molar-refractivity contribution is 0.210. The molecule has 2 N–H and O–H groups in total. The van der Waals surface area contributed by atoms with E-state index in [1.54, 1.807) is 30.5 Å². The van der Waals surface area contributed by atoms with E-state index in [-0.39, 0.29) is 5.82 Å². The van der Waals surface area contributed by atoms with Crippen molar-refractivity contribution in [3.8, 4) is 0 Å². The third kappa shape index (κ3) is 1.92. The van der Waals surface area contributed by atoms with Gasteiger partial charge in [-0.2, -0.15) is 0 Å². The number of aliphatic hydroxyl groups excluding tert-OH is 1. The van der Waals surface area contributed by atoms with Crippen LogP contribution in [0.5, 0.6) is 0 Å². The molecule has 0 spiro atoms. The number of aliphatic hydroxyl groups is 1. The second-order valence-electron chi connectivity index (χ2n) is 3.55. The summed E-state index contributed by atoms with van der Waals surface area (Å²) in [6.45, 7) is 1.87. The molecule has 0 aliphatic carbocycles. The Labute approximate surface area is 87.4 Å². The van der Waals surface area contributed by atoms with Crippen molar-refractivity contribution in [3.05, 3.63) is 59.2 Å². The van der Waals surface area contributed by atoms with Crippen molar-refractivity contribution < 1.29 is 9.50 Å². The molecule has 1 unspecified atom stereocenters. The highest BCUT2D eigenvalue weighted by Gasteiger charge is 2.15. The summed E-state index contributed by atoms with van der Waals surface area (Å²) in [5, 5.41) is 9.91. The number of nitrogens with one attached hydrogen (secondary N) is 1. The first-order chi connectivity index (χ1) is 7.18. The topological polar surface area (TPSA) is 36.0 Å². The number of benzene rings is 1. The lowest BCUT2D eigenvalue weighted by atomic mass is 10.0. The van der Waals surface area contributed by atoms with Crippen LogP contribution in [0, 0.1) is 12.7 Å². The SMILES string of the molecule is Cc1ccc(F)c(C(O)c2ccc[nH]2)c1. The Hall–Kier alpha value is -1.61. The van der Waals surface area contributed by atoms with Crippen LogP contribution in [0.25, 0.3) is 0 Å². The zero-order valence-electron chi connectivity index (χ0n) is 8.37. The molecule has 2 nitrogen and oxygen atoms in total. The number of hydrogen-bond donors (Lipinski definition) is 2. The van der Waals surface area contributed by atoms with E-state index in [2.05, 4.69) is 4.98 Å². The molecule has 0 aliphatic heterocycles. The second-order valence-corrected chi connectivity index (χ2v) is 3.55. The number of halogens is 1. The molecule has 0 bridgehead atoms. The molecule has 1 atom stereocenters. The van der Waals surface area contributed by atoms with Gasteiger partial charge >= 0.3 is 0 Å². The van der Waals surface area contributed by atoms with Gasteiger partial charge in [0.25, 0.3) is 0 Å². The molecule has 1 aromatic heterocycles. The van der Waals surface area contributed by atoms with Crippen molar-refractivity contribution in [2.45, 2.75) is 13.0 Å². The van der Waals surface area contributed by atoms with Gasteiger partial charge in [0.05, 0.1) is 0 Å². The number of hydrogen-bond acceptors (Lipinski definition) is 1. The molecule has 2 aromatic rings. The van der Waals surface area contributed by atoms with Crippen LogP contribution in [-0.4, -0.2) is 10.1 Å². The molecule has 0 aliphatic rings. The summed E-state index contributed by atoms with van der Waals surface area (Å²) in [6, 6.07) is 8.20. The van der Waals surface area contributed by atoms with Gasteiger partial charge in [-0.3, -0.25) is 0 Å². The lowest BCUT2D eigenvalue weighted by Gasteiger charge is -2.11. The van der Waals surface area contributed by atoms with Crippen molar-refractivity contribution in [1.82, 2.24) is 4.98 Å². The summed E-state index contributed by atoms with van der Waals surface area (Å²) in [5.41, 5.74) is 1.83. The van der Waals surface area contributed by atoms with Crippen molar-refractivity contribution in [3.63, 3.8) is 0 Å². The van der Waals surface area contributed by atoms with Crippen LogP contribution in [0.2, 0.25) is 0 Å². The highest BCUT2D eigenvalue weighted by atomic mass is 19.1. The first kappa shape index (κ1) is 9.93. The zero-order chi connectivity index (χ0) is 10.8. The van der Waals surface area contributed by atoms with E-state index in [0.29, 0.717) is 11.3 Å². The van der Waals surface area contributed by atoms with Crippen molar-refractivity contribution in [2.24, 2.45) is 0 Å². The number of aryl methyl sites for hydroxylation is 1. The van der Waals surface area contributed by atoms with Crippen LogP contribution < -0.4 is 0 Å². The highest BCUT2D eigenvalue weighted by Crippen LogP contribution is 2.23. The maximum absolute atomic E-state index is 13.4. The number of rotatable bonds is 2. The minimum atomic E-state index is -0.931. The van der Waals surface area contributed by atoms with E-state index in [9.17, 15) is 9.50 Å². The molecule has 0 saturated heterocycles. The molecule has 15 heavy (non-hydrogen) atoms. The second kappa shape index (κ2) is 3.87. The Morgan fingerprint density at radius 2 is 2.13 bits per heavy atom. The van der Waals surface area contributed by atoms with E-state index in [1.165, 1.54) is 6.07 Å². The van der Waals surface area contributed by atoms with E-state index in [4.69, 9.17) is 0 Å². The van der Waals surface area contributed by atoms with Gasteiger partial charge < -0.3 is 10.1 Å². The summed E-state index contributed by atoms with van der Waals surface area (Å²) in [4.78, 5) is 2.87. The Morgan fingerprint density at radius 3 is 2.80 bits per heavy atom. The standard InChI is InChI=1S/C12H12FNO/c1-8-4-5-10(13)9(7-8)12(15)11-3-2-6-14-11/h2-7,12,14-15H,1H3. The minimum Gasteiger partial charge on any atom is -0.382 e. The number of aromatic nitrogens is 1. The summed E-state index contributed by atoms with van der Waals surface area (Å²) < 4.78 is 13.4.